The van der Waals surface area contributed by atoms with Gasteiger partial charge in [0.2, 0.25) is 0 Å². The van der Waals surface area contributed by atoms with E-state index in [0.717, 1.165) is 42.0 Å². The molecule has 0 unspecified atom stereocenters. The molecule has 3 heterocycles. The van der Waals surface area contributed by atoms with Gasteiger partial charge in [-0.1, -0.05) is 0 Å². The summed E-state index contributed by atoms with van der Waals surface area (Å²) in [6, 6.07) is 3.79. The predicted molar refractivity (Wildman–Crippen MR) is 69.4 cm³/mol. The van der Waals surface area contributed by atoms with Crippen LogP contribution in [-0.4, -0.2) is 21.5 Å². The van der Waals surface area contributed by atoms with E-state index in [1.165, 1.54) is 0 Å². The second-order valence-corrected chi connectivity index (χ2v) is 4.06. The highest BCUT2D eigenvalue weighted by Gasteiger charge is 2.03. The molecule has 0 aromatic carbocycles. The number of hydrogen-bond acceptors (Lipinski definition) is 4. The van der Waals surface area contributed by atoms with Crippen LogP contribution in [0.5, 0.6) is 0 Å². The van der Waals surface area contributed by atoms with Crippen LogP contribution in [0.1, 0.15) is 12.2 Å². The Kier molecular flexibility index (Phi) is 2.96. The Balaban J connectivity index is 1.58. The third kappa shape index (κ3) is 2.20. The summed E-state index contributed by atoms with van der Waals surface area (Å²) in [4.78, 5) is 11.6. The number of nitrogens with one attached hydrogen (secondary N) is 2. The zero-order valence-corrected chi connectivity index (χ0v) is 9.89. The summed E-state index contributed by atoms with van der Waals surface area (Å²) in [5.74, 6) is 1.90. The molecule has 0 radical (unpaired) electrons. The maximum atomic E-state index is 5.33. The van der Waals surface area contributed by atoms with Crippen molar-refractivity contribution in [2.75, 3.05) is 11.9 Å². The number of anilines is 1. The van der Waals surface area contributed by atoms with Crippen LogP contribution >= 0.6 is 0 Å². The number of fused-ring (bicyclic) bond motifs is 1. The molecule has 0 saturated heterocycles. The molecule has 2 N–H and O–H groups in total. The number of furan rings is 1. The largest absolute Gasteiger partial charge is 0.464 e. The maximum absolute atomic E-state index is 5.33. The van der Waals surface area contributed by atoms with Crippen LogP contribution in [0.2, 0.25) is 0 Å². The van der Waals surface area contributed by atoms with E-state index < -0.39 is 0 Å². The summed E-state index contributed by atoms with van der Waals surface area (Å²) in [5.41, 5.74) is 0.860. The Morgan fingerprint density at radius 1 is 1.22 bits per heavy atom. The topological polar surface area (TPSA) is 66.7 Å². The van der Waals surface area contributed by atoms with Gasteiger partial charge in [0.1, 0.15) is 17.2 Å². The van der Waals surface area contributed by atoms with Gasteiger partial charge in [-0.15, -0.1) is 0 Å². The van der Waals surface area contributed by atoms with E-state index in [1.807, 2.05) is 18.3 Å². The van der Waals surface area contributed by atoms with Gasteiger partial charge in [0.05, 0.1) is 11.6 Å². The number of H-pyrrole nitrogens is 1. The average Bonchev–Trinajstić information content (AvgIpc) is 3.05. The normalized spacial score (nSPS) is 10.9. The first-order chi connectivity index (χ1) is 8.93. The number of imidazole rings is 1. The lowest BCUT2D eigenvalue weighted by Crippen LogP contribution is -2.05. The molecular formula is C13H14N4O. The Labute approximate surface area is 104 Å². The molecule has 0 atom stereocenters. The molecule has 0 bridgehead atoms. The third-order valence-electron chi connectivity index (χ3n) is 2.82. The van der Waals surface area contributed by atoms with Gasteiger partial charge >= 0.3 is 0 Å². The van der Waals surface area contributed by atoms with Crippen LogP contribution in [0.25, 0.3) is 11.0 Å². The summed E-state index contributed by atoms with van der Waals surface area (Å²) in [6.45, 7) is 0.859. The quantitative estimate of drug-likeness (QED) is 0.675. The van der Waals surface area contributed by atoms with E-state index >= 15 is 0 Å². The van der Waals surface area contributed by atoms with Crippen LogP contribution in [0, 0.1) is 0 Å². The van der Waals surface area contributed by atoms with Crippen molar-refractivity contribution in [3.05, 3.63) is 42.8 Å². The molecule has 3 aromatic heterocycles. The van der Waals surface area contributed by atoms with Crippen molar-refractivity contribution >= 4 is 16.8 Å². The van der Waals surface area contributed by atoms with Crippen LogP contribution in [0.15, 0.2) is 41.4 Å². The van der Waals surface area contributed by atoms with Gasteiger partial charge in [0, 0.05) is 31.6 Å². The smallest absolute Gasteiger partial charge is 0.139 e. The van der Waals surface area contributed by atoms with Crippen molar-refractivity contribution in [3.8, 4) is 0 Å². The lowest BCUT2D eigenvalue weighted by Gasteiger charge is -2.05. The van der Waals surface area contributed by atoms with Crippen LogP contribution in [-0.2, 0) is 6.42 Å². The Hall–Kier alpha value is -2.30. The number of pyridine rings is 1. The number of nitrogens with zero attached hydrogens (tertiary/aromatic N) is 2. The van der Waals surface area contributed by atoms with Crippen molar-refractivity contribution < 1.29 is 4.42 Å². The molecule has 5 nitrogen and oxygen atoms in total. The molecule has 0 fully saturated rings. The summed E-state index contributed by atoms with van der Waals surface area (Å²) in [5, 5.41) is 4.35. The van der Waals surface area contributed by atoms with Crippen molar-refractivity contribution in [1.82, 2.24) is 15.0 Å². The fraction of sp³-hybridized carbons (Fsp3) is 0.231. The minimum absolute atomic E-state index is 0.859. The minimum atomic E-state index is 0.859. The minimum Gasteiger partial charge on any atom is -0.464 e. The molecule has 5 heteroatoms. The summed E-state index contributed by atoms with van der Waals surface area (Å²) >= 11 is 0. The average molecular weight is 242 g/mol. The lowest BCUT2D eigenvalue weighted by atomic mass is 10.3. The van der Waals surface area contributed by atoms with Gasteiger partial charge in [-0.3, -0.25) is 0 Å². The highest BCUT2D eigenvalue weighted by molar-refractivity contribution is 5.87. The van der Waals surface area contributed by atoms with Crippen LogP contribution in [0.3, 0.4) is 0 Å². The lowest BCUT2D eigenvalue weighted by molar-refractivity contribution is 0.615. The molecule has 0 spiro atoms. The Morgan fingerprint density at radius 3 is 3.11 bits per heavy atom. The van der Waals surface area contributed by atoms with Crippen LogP contribution < -0.4 is 5.32 Å². The van der Waals surface area contributed by atoms with E-state index in [1.54, 1.807) is 18.7 Å². The highest BCUT2D eigenvalue weighted by Crippen LogP contribution is 2.21. The van der Waals surface area contributed by atoms with E-state index in [0.29, 0.717) is 0 Å². The number of rotatable bonds is 5. The molecule has 0 aliphatic carbocycles. The van der Waals surface area contributed by atoms with Crippen molar-refractivity contribution in [2.45, 2.75) is 12.8 Å². The van der Waals surface area contributed by atoms with Gasteiger partial charge in [-0.25, -0.2) is 9.97 Å². The molecule has 92 valence electrons. The molecule has 0 saturated carbocycles. The SMILES string of the molecule is c1c[nH]c(CCCNc2nccc3occc23)n1. The predicted octanol–water partition coefficient (Wildman–Crippen LogP) is 2.60. The molecule has 0 aliphatic heterocycles. The van der Waals surface area contributed by atoms with Gasteiger partial charge in [-0.05, 0) is 18.6 Å². The second-order valence-electron chi connectivity index (χ2n) is 4.06. The highest BCUT2D eigenvalue weighted by atomic mass is 16.3. The molecule has 0 amide bonds. The summed E-state index contributed by atoms with van der Waals surface area (Å²) in [7, 11) is 0. The van der Waals surface area contributed by atoms with Crippen molar-refractivity contribution in [2.24, 2.45) is 0 Å². The van der Waals surface area contributed by atoms with Crippen molar-refractivity contribution in [3.63, 3.8) is 0 Å². The monoisotopic (exact) mass is 242 g/mol. The molecule has 3 rings (SSSR count). The first kappa shape index (κ1) is 10.8. The zero-order chi connectivity index (χ0) is 12.2. The Morgan fingerprint density at radius 2 is 2.22 bits per heavy atom. The third-order valence-corrected chi connectivity index (χ3v) is 2.82. The zero-order valence-electron chi connectivity index (χ0n) is 9.89. The summed E-state index contributed by atoms with van der Waals surface area (Å²) in [6.07, 6.45) is 8.99. The fourth-order valence-corrected chi connectivity index (χ4v) is 1.93. The van der Waals surface area contributed by atoms with E-state index in [2.05, 4.69) is 20.3 Å². The number of hydrogen-bond donors (Lipinski definition) is 2. The van der Waals surface area contributed by atoms with Gasteiger partial charge in [0.25, 0.3) is 0 Å². The fourth-order valence-electron chi connectivity index (χ4n) is 1.93. The van der Waals surface area contributed by atoms with Gasteiger partial charge in [0.15, 0.2) is 0 Å². The van der Waals surface area contributed by atoms with Crippen LogP contribution in [0.4, 0.5) is 5.82 Å². The number of aromatic amines is 1. The molecule has 0 aliphatic rings. The Bertz CT molecular complexity index is 615. The first-order valence-electron chi connectivity index (χ1n) is 5.98. The summed E-state index contributed by atoms with van der Waals surface area (Å²) < 4.78 is 5.33. The van der Waals surface area contributed by atoms with Gasteiger partial charge in [-0.2, -0.15) is 0 Å². The van der Waals surface area contributed by atoms with Gasteiger partial charge < -0.3 is 14.7 Å². The molecule has 3 aromatic rings. The van der Waals surface area contributed by atoms with E-state index in [4.69, 9.17) is 4.42 Å². The second kappa shape index (κ2) is 4.91. The van der Waals surface area contributed by atoms with E-state index in [-0.39, 0.29) is 0 Å². The first-order valence-corrected chi connectivity index (χ1v) is 5.98. The number of aryl methyl sites for hydroxylation is 1. The standard InChI is InChI=1S/C13H14N4O/c1(2-12-14-7-8-15-12)5-16-13-10-4-9-18-11(10)3-6-17-13/h3-4,6-9H,1-2,5H2,(H,14,15)(H,16,17). The van der Waals surface area contributed by atoms with Crippen molar-refractivity contribution in [1.29, 1.82) is 0 Å². The van der Waals surface area contributed by atoms with E-state index in [9.17, 15) is 0 Å². The molecular weight excluding hydrogens is 228 g/mol. The maximum Gasteiger partial charge on any atom is 0.139 e. The molecule has 18 heavy (non-hydrogen) atoms. The number of aromatic nitrogens is 3.